The second kappa shape index (κ2) is 7.03. The maximum absolute atomic E-state index is 11.7. The van der Waals surface area contributed by atoms with Crippen LogP contribution in [-0.2, 0) is 7.05 Å². The van der Waals surface area contributed by atoms with Crippen molar-refractivity contribution >= 4 is 17.3 Å². The van der Waals surface area contributed by atoms with E-state index >= 15 is 0 Å². The third-order valence-electron chi connectivity index (χ3n) is 4.50. The number of imidazole rings is 2. The average molecular weight is 378 g/mol. The Morgan fingerprint density at radius 2 is 2.07 bits per heavy atom. The van der Waals surface area contributed by atoms with Gasteiger partial charge in [-0.25, -0.2) is 4.98 Å². The van der Waals surface area contributed by atoms with Crippen molar-refractivity contribution < 1.29 is 9.66 Å². The molecule has 0 bridgehead atoms. The molecule has 1 aromatic carbocycles. The van der Waals surface area contributed by atoms with Crippen LogP contribution in [0.4, 0.5) is 11.6 Å². The van der Waals surface area contributed by atoms with Crippen molar-refractivity contribution in [3.05, 3.63) is 82.6 Å². The smallest absolute Gasteiger partial charge is 0.372 e. The van der Waals surface area contributed by atoms with E-state index in [1.165, 1.54) is 4.40 Å². The highest BCUT2D eigenvalue weighted by molar-refractivity contribution is 5.63. The zero-order chi connectivity index (χ0) is 19.7. The molecule has 1 N–H and O–H groups in total. The van der Waals surface area contributed by atoms with E-state index in [1.807, 2.05) is 42.1 Å². The number of aromatic nitrogens is 4. The SMILES string of the molecule is COc1cccc(C(Nc2nc3ccccn3c2[N+](=O)[O-])c2nccn2C)c1. The molecular weight excluding hydrogens is 360 g/mol. The fraction of sp³-hybridized carbons (Fsp3) is 0.158. The molecule has 0 aliphatic carbocycles. The monoisotopic (exact) mass is 378 g/mol. The lowest BCUT2D eigenvalue weighted by molar-refractivity contribution is -0.389. The number of nitrogens with zero attached hydrogens (tertiary/aromatic N) is 5. The van der Waals surface area contributed by atoms with Gasteiger partial charge in [-0.1, -0.05) is 18.2 Å². The summed E-state index contributed by atoms with van der Waals surface area (Å²) in [4.78, 5) is 20.1. The summed E-state index contributed by atoms with van der Waals surface area (Å²) in [6.45, 7) is 0. The average Bonchev–Trinajstić information content (AvgIpc) is 3.29. The van der Waals surface area contributed by atoms with E-state index in [0.717, 1.165) is 5.56 Å². The Labute approximate surface area is 160 Å². The van der Waals surface area contributed by atoms with Crippen molar-refractivity contribution in [2.45, 2.75) is 6.04 Å². The Kier molecular flexibility index (Phi) is 4.40. The summed E-state index contributed by atoms with van der Waals surface area (Å²) in [5, 5.41) is 14.9. The lowest BCUT2D eigenvalue weighted by atomic mass is 10.1. The molecule has 0 saturated carbocycles. The standard InChI is InChI=1S/C19H18N6O3/c1-23-11-9-20-18(23)16(13-6-5-7-14(12-13)28-2)22-17-19(25(26)27)24-10-4-3-8-15(24)21-17/h3-12,16,22H,1-2H3. The van der Waals surface area contributed by atoms with Gasteiger partial charge in [0.1, 0.15) is 17.6 Å². The molecule has 9 nitrogen and oxygen atoms in total. The molecule has 0 spiro atoms. The minimum absolute atomic E-state index is 0.127. The zero-order valence-corrected chi connectivity index (χ0v) is 15.3. The van der Waals surface area contributed by atoms with Gasteiger partial charge in [-0.15, -0.1) is 0 Å². The van der Waals surface area contributed by atoms with Gasteiger partial charge in [-0.05, 0) is 28.7 Å². The summed E-state index contributed by atoms with van der Waals surface area (Å²) in [7, 11) is 3.46. The molecular formula is C19H18N6O3. The Bertz CT molecular complexity index is 1150. The molecule has 142 valence electrons. The Morgan fingerprint density at radius 3 is 2.79 bits per heavy atom. The molecule has 0 aliphatic rings. The summed E-state index contributed by atoms with van der Waals surface area (Å²) >= 11 is 0. The fourth-order valence-corrected chi connectivity index (χ4v) is 3.16. The molecule has 0 saturated heterocycles. The van der Waals surface area contributed by atoms with E-state index in [9.17, 15) is 10.1 Å². The first-order chi connectivity index (χ1) is 13.6. The van der Waals surface area contributed by atoms with Crippen molar-refractivity contribution in [3.8, 4) is 5.75 Å². The maximum atomic E-state index is 11.7. The van der Waals surface area contributed by atoms with Crippen molar-refractivity contribution in [1.82, 2.24) is 18.9 Å². The van der Waals surface area contributed by atoms with Gasteiger partial charge in [-0.2, -0.15) is 9.38 Å². The van der Waals surface area contributed by atoms with Crippen LogP contribution in [0.15, 0.2) is 61.1 Å². The van der Waals surface area contributed by atoms with Gasteiger partial charge < -0.3 is 24.7 Å². The Hall–Kier alpha value is -3.88. The van der Waals surface area contributed by atoms with Gasteiger partial charge in [0, 0.05) is 25.5 Å². The van der Waals surface area contributed by atoms with Crippen LogP contribution >= 0.6 is 0 Å². The van der Waals surface area contributed by atoms with E-state index < -0.39 is 11.0 Å². The second-order valence-electron chi connectivity index (χ2n) is 6.22. The normalized spacial score (nSPS) is 12.1. The van der Waals surface area contributed by atoms with Gasteiger partial charge in [0.15, 0.2) is 0 Å². The minimum atomic E-state index is -0.460. The molecule has 0 amide bonds. The highest BCUT2D eigenvalue weighted by Gasteiger charge is 2.27. The number of fused-ring (bicyclic) bond motifs is 1. The van der Waals surface area contributed by atoms with Gasteiger partial charge in [0.2, 0.25) is 11.5 Å². The maximum Gasteiger partial charge on any atom is 0.372 e. The van der Waals surface area contributed by atoms with Crippen LogP contribution in [0, 0.1) is 10.1 Å². The van der Waals surface area contributed by atoms with Gasteiger partial charge in [-0.3, -0.25) is 0 Å². The van der Waals surface area contributed by atoms with E-state index in [1.54, 1.807) is 37.7 Å². The molecule has 4 aromatic rings. The number of benzene rings is 1. The number of pyridine rings is 1. The van der Waals surface area contributed by atoms with E-state index in [-0.39, 0.29) is 11.6 Å². The van der Waals surface area contributed by atoms with Crippen LogP contribution in [0.1, 0.15) is 17.4 Å². The Balaban J connectivity index is 1.85. The van der Waals surface area contributed by atoms with Gasteiger partial charge >= 0.3 is 5.82 Å². The highest BCUT2D eigenvalue weighted by Crippen LogP contribution is 2.32. The quantitative estimate of drug-likeness (QED) is 0.409. The summed E-state index contributed by atoms with van der Waals surface area (Å²) in [6.07, 6.45) is 5.12. The van der Waals surface area contributed by atoms with Crippen molar-refractivity contribution in [1.29, 1.82) is 0 Å². The van der Waals surface area contributed by atoms with E-state index in [4.69, 9.17) is 4.74 Å². The topological polar surface area (TPSA) is 99.5 Å². The first-order valence-corrected chi connectivity index (χ1v) is 8.57. The summed E-state index contributed by atoms with van der Waals surface area (Å²) in [6, 6.07) is 12.3. The number of ether oxygens (including phenoxy) is 1. The van der Waals surface area contributed by atoms with Crippen LogP contribution in [0.2, 0.25) is 0 Å². The summed E-state index contributed by atoms with van der Waals surface area (Å²) in [5.41, 5.74) is 1.33. The summed E-state index contributed by atoms with van der Waals surface area (Å²) < 4.78 is 8.64. The molecule has 1 unspecified atom stereocenters. The molecule has 0 fully saturated rings. The molecule has 28 heavy (non-hydrogen) atoms. The lowest BCUT2D eigenvalue weighted by Gasteiger charge is -2.19. The van der Waals surface area contributed by atoms with Crippen LogP contribution in [0.25, 0.3) is 5.65 Å². The predicted molar refractivity (Wildman–Crippen MR) is 104 cm³/mol. The lowest BCUT2D eigenvalue weighted by Crippen LogP contribution is -2.17. The van der Waals surface area contributed by atoms with Crippen molar-refractivity contribution in [2.75, 3.05) is 12.4 Å². The number of hydrogen-bond donors (Lipinski definition) is 1. The molecule has 9 heteroatoms. The first kappa shape index (κ1) is 17.5. The number of hydrogen-bond acceptors (Lipinski definition) is 6. The van der Waals surface area contributed by atoms with Gasteiger partial charge in [0.25, 0.3) is 0 Å². The fourth-order valence-electron chi connectivity index (χ4n) is 3.16. The molecule has 3 aromatic heterocycles. The second-order valence-corrected chi connectivity index (χ2v) is 6.22. The van der Waals surface area contributed by atoms with Crippen molar-refractivity contribution in [3.63, 3.8) is 0 Å². The van der Waals surface area contributed by atoms with E-state index in [2.05, 4.69) is 15.3 Å². The number of methoxy groups -OCH3 is 1. The van der Waals surface area contributed by atoms with E-state index in [0.29, 0.717) is 17.2 Å². The van der Waals surface area contributed by atoms with Crippen LogP contribution < -0.4 is 10.1 Å². The van der Waals surface area contributed by atoms with Crippen LogP contribution in [-0.4, -0.2) is 31.0 Å². The molecule has 0 radical (unpaired) electrons. The molecule has 4 rings (SSSR count). The third kappa shape index (κ3) is 3.02. The largest absolute Gasteiger partial charge is 0.497 e. The van der Waals surface area contributed by atoms with Crippen LogP contribution in [0.5, 0.6) is 5.75 Å². The third-order valence-corrected chi connectivity index (χ3v) is 4.50. The molecule has 3 heterocycles. The highest BCUT2D eigenvalue weighted by atomic mass is 16.6. The van der Waals surface area contributed by atoms with Crippen LogP contribution in [0.3, 0.4) is 0 Å². The molecule has 0 aliphatic heterocycles. The number of rotatable bonds is 6. The first-order valence-electron chi connectivity index (χ1n) is 8.57. The number of nitro groups is 1. The Morgan fingerprint density at radius 1 is 1.21 bits per heavy atom. The zero-order valence-electron chi connectivity index (χ0n) is 15.3. The predicted octanol–water partition coefficient (Wildman–Crippen LogP) is 3.19. The number of nitrogens with one attached hydrogen (secondary N) is 1. The molecule has 1 atom stereocenters. The van der Waals surface area contributed by atoms with Gasteiger partial charge in [0.05, 0.1) is 13.3 Å². The van der Waals surface area contributed by atoms with Crippen molar-refractivity contribution in [2.24, 2.45) is 7.05 Å². The minimum Gasteiger partial charge on any atom is -0.497 e. The number of anilines is 1. The number of aryl methyl sites for hydroxylation is 1. The summed E-state index contributed by atoms with van der Waals surface area (Å²) in [5.74, 6) is 1.42.